The number of hydrogen-bond acceptors (Lipinski definition) is 10. The van der Waals surface area contributed by atoms with Gasteiger partial charge in [-0.2, -0.15) is 9.97 Å². The number of alkyl carbamates (subject to hydrolysis) is 1. The van der Waals surface area contributed by atoms with Crippen LogP contribution in [0.5, 0.6) is 11.8 Å². The summed E-state index contributed by atoms with van der Waals surface area (Å²) >= 11 is 3.48. The van der Waals surface area contributed by atoms with Crippen molar-refractivity contribution >= 4 is 55.5 Å². The zero-order chi connectivity index (χ0) is 39.5. The number of nitrogens with one attached hydrogen (secondary N) is 1. The lowest BCUT2D eigenvalue weighted by Crippen LogP contribution is -2.57. The number of ether oxygens (including phenoxy) is 3. The van der Waals surface area contributed by atoms with Gasteiger partial charge in [-0.15, -0.1) is 0 Å². The number of anilines is 1. The summed E-state index contributed by atoms with van der Waals surface area (Å²) in [6, 6.07) is 14.6. The third kappa shape index (κ3) is 7.04. The Kier molecular flexibility index (Phi) is 9.75. The van der Waals surface area contributed by atoms with Crippen LogP contribution in [-0.2, 0) is 11.2 Å². The lowest BCUT2D eigenvalue weighted by Gasteiger charge is -2.41. The van der Waals surface area contributed by atoms with Crippen molar-refractivity contribution in [1.82, 2.24) is 25.2 Å². The molecule has 0 saturated carbocycles. The summed E-state index contributed by atoms with van der Waals surface area (Å²) in [4.78, 5) is 45.3. The molecule has 296 valence electrons. The Hall–Kier alpha value is -4.95. The first-order valence-electron chi connectivity index (χ1n) is 19.6. The van der Waals surface area contributed by atoms with Crippen molar-refractivity contribution in [3.63, 3.8) is 0 Å². The minimum absolute atomic E-state index is 0.0106. The number of rotatable bonds is 5. The van der Waals surface area contributed by atoms with Gasteiger partial charge in [0.2, 0.25) is 0 Å². The summed E-state index contributed by atoms with van der Waals surface area (Å²) < 4.78 is 50.9. The zero-order valence-corrected chi connectivity index (χ0v) is 33.5. The highest BCUT2D eigenvalue weighted by atomic mass is 79.9. The van der Waals surface area contributed by atoms with Gasteiger partial charge in [-0.05, 0) is 115 Å². The van der Waals surface area contributed by atoms with E-state index in [1.165, 1.54) is 0 Å². The van der Waals surface area contributed by atoms with Crippen LogP contribution in [0.25, 0.3) is 32.9 Å². The molecule has 57 heavy (non-hydrogen) atoms. The molecule has 3 saturated heterocycles. The van der Waals surface area contributed by atoms with E-state index in [4.69, 9.17) is 29.2 Å². The highest BCUT2D eigenvalue weighted by molar-refractivity contribution is 9.10. The summed E-state index contributed by atoms with van der Waals surface area (Å²) in [5.74, 6) is -0.618. The third-order valence-corrected chi connectivity index (χ3v) is 12.7. The van der Waals surface area contributed by atoms with Crippen LogP contribution in [0.1, 0.15) is 66.9 Å². The predicted molar refractivity (Wildman–Crippen MR) is 215 cm³/mol. The second kappa shape index (κ2) is 14.8. The van der Waals surface area contributed by atoms with Gasteiger partial charge in [-0.1, -0.05) is 30.3 Å². The summed E-state index contributed by atoms with van der Waals surface area (Å²) in [6.45, 7) is 6.25. The van der Waals surface area contributed by atoms with E-state index in [-0.39, 0.29) is 36.2 Å². The standard InChI is InChI=1S/C43H43BrF2N6O5/c1-25-8-3-12-32(44)33(25)39(53)57-29-18-27-10-4-9-26-11-5-17-55-41(54)50-42(2)13-6-15-51(23-42)38-31-21-47-36(30(19-29)34(26)27)35(46)37(31)48-40(49-38)56-24-43-14-7-16-52(43)22-28(45)20-43/h3-4,8-10,12,18-19,21,28H,5-7,11,13-17,20,22-24H2,1-2H3,(H,50,54)/t28-,42-,43+/m1/s1. The number of benzene rings is 3. The minimum atomic E-state index is -0.942. The Morgan fingerprint density at radius 2 is 1.95 bits per heavy atom. The highest BCUT2D eigenvalue weighted by Crippen LogP contribution is 2.42. The predicted octanol–water partition coefficient (Wildman–Crippen LogP) is 8.26. The number of hydrogen-bond donors (Lipinski definition) is 1. The van der Waals surface area contributed by atoms with Crippen LogP contribution >= 0.6 is 15.9 Å². The van der Waals surface area contributed by atoms with Crippen LogP contribution in [0.2, 0.25) is 0 Å². The molecule has 0 unspecified atom stereocenters. The summed E-state index contributed by atoms with van der Waals surface area (Å²) in [5.41, 5.74) is 1.29. The van der Waals surface area contributed by atoms with Gasteiger partial charge in [0.05, 0.1) is 28.6 Å². The molecule has 1 amide bonds. The van der Waals surface area contributed by atoms with Gasteiger partial charge in [0.1, 0.15) is 35.6 Å². The molecule has 6 bridgehead atoms. The van der Waals surface area contributed by atoms with Crippen molar-refractivity contribution in [2.24, 2.45) is 0 Å². The van der Waals surface area contributed by atoms with Gasteiger partial charge in [0, 0.05) is 42.3 Å². The maximum atomic E-state index is 17.6. The number of alkyl halides is 1. The topological polar surface area (TPSA) is 119 Å². The molecule has 5 aliphatic rings. The number of pyridine rings is 1. The number of carbonyl (C=O) groups excluding carboxylic acids is 2. The van der Waals surface area contributed by atoms with Gasteiger partial charge in [-0.25, -0.2) is 18.4 Å². The largest absolute Gasteiger partial charge is 0.461 e. The first-order valence-corrected chi connectivity index (χ1v) is 20.4. The summed E-state index contributed by atoms with van der Waals surface area (Å²) in [6.07, 6.45) is 4.67. The van der Waals surface area contributed by atoms with Gasteiger partial charge in [0.25, 0.3) is 0 Å². The molecular weight excluding hydrogens is 798 g/mol. The van der Waals surface area contributed by atoms with E-state index < -0.39 is 35.1 Å². The smallest absolute Gasteiger partial charge is 0.407 e. The van der Waals surface area contributed by atoms with Crippen LogP contribution in [0, 0.1) is 12.7 Å². The number of amides is 1. The second-order valence-corrected chi connectivity index (χ2v) is 17.0. The number of halogens is 3. The molecule has 5 aliphatic heterocycles. The van der Waals surface area contributed by atoms with Crippen LogP contribution in [0.4, 0.5) is 19.4 Å². The molecule has 1 N–H and O–H groups in total. The number of aryl methyl sites for hydroxylation is 2. The molecule has 0 aliphatic carbocycles. The third-order valence-electron chi connectivity index (χ3n) is 12.0. The fourth-order valence-electron chi connectivity index (χ4n) is 9.38. The maximum Gasteiger partial charge on any atom is 0.407 e. The van der Waals surface area contributed by atoms with Crippen molar-refractivity contribution < 1.29 is 32.6 Å². The van der Waals surface area contributed by atoms with E-state index in [2.05, 4.69) is 26.1 Å². The van der Waals surface area contributed by atoms with E-state index in [9.17, 15) is 14.0 Å². The number of piperidine rings is 1. The lowest BCUT2D eigenvalue weighted by molar-refractivity contribution is 0.0733. The SMILES string of the molecule is Cc1cccc(Br)c1C(=O)Oc1cc2c3c(cccc3c1)CCCOC(=O)N[C@]1(C)CCCN(C1)c1nc(OC[C@@]34CCCN3C[C@H](F)C4)nc3c(F)c-2ncc13. The number of aromatic nitrogens is 3. The Balaban J connectivity index is 1.21. The number of nitrogens with zero attached hydrogens (tertiary/aromatic N) is 5. The summed E-state index contributed by atoms with van der Waals surface area (Å²) in [5, 5.41) is 4.88. The monoisotopic (exact) mass is 840 g/mol. The molecule has 11 nitrogen and oxygen atoms in total. The number of esters is 1. The molecular formula is C43H43BrF2N6O5. The lowest BCUT2D eigenvalue weighted by atomic mass is 9.91. The quantitative estimate of drug-likeness (QED) is 0.137. The van der Waals surface area contributed by atoms with Crippen molar-refractivity contribution in [2.45, 2.75) is 76.0 Å². The first kappa shape index (κ1) is 37.6. The first-order chi connectivity index (χ1) is 27.5. The molecule has 7 heterocycles. The van der Waals surface area contributed by atoms with E-state index in [0.29, 0.717) is 82.9 Å². The molecule has 5 aromatic rings. The van der Waals surface area contributed by atoms with E-state index in [1.54, 1.807) is 24.4 Å². The van der Waals surface area contributed by atoms with E-state index in [1.807, 2.05) is 49.1 Å². The average Bonchev–Trinajstić information content (AvgIpc) is 3.70. The molecule has 2 aromatic heterocycles. The normalized spacial score (nSPS) is 23.7. The Bertz CT molecular complexity index is 2420. The molecule has 14 heteroatoms. The van der Waals surface area contributed by atoms with Crippen molar-refractivity contribution in [3.8, 4) is 23.0 Å². The molecule has 3 atom stereocenters. The van der Waals surface area contributed by atoms with Crippen LogP contribution in [-0.4, -0.2) is 88.6 Å². The number of carbonyl (C=O) groups is 2. The van der Waals surface area contributed by atoms with Gasteiger partial charge >= 0.3 is 18.1 Å². The Morgan fingerprint density at radius 1 is 1.11 bits per heavy atom. The number of fused-ring (bicyclic) bond motifs is 7. The van der Waals surface area contributed by atoms with Crippen molar-refractivity contribution in [2.75, 3.05) is 44.3 Å². The van der Waals surface area contributed by atoms with Crippen LogP contribution in [0.3, 0.4) is 0 Å². The molecule has 0 spiro atoms. The average molecular weight is 842 g/mol. The van der Waals surface area contributed by atoms with Gasteiger partial charge in [-0.3, -0.25) is 9.88 Å². The van der Waals surface area contributed by atoms with Gasteiger partial charge in [0.15, 0.2) is 5.82 Å². The molecule has 0 radical (unpaired) electrons. The van der Waals surface area contributed by atoms with E-state index in [0.717, 1.165) is 36.9 Å². The van der Waals surface area contributed by atoms with Crippen molar-refractivity contribution in [3.05, 3.63) is 81.7 Å². The molecule has 3 aromatic carbocycles. The van der Waals surface area contributed by atoms with Crippen LogP contribution < -0.4 is 19.7 Å². The fourth-order valence-corrected chi connectivity index (χ4v) is 10.0. The van der Waals surface area contributed by atoms with Gasteiger partial charge < -0.3 is 24.4 Å². The Morgan fingerprint density at radius 3 is 2.81 bits per heavy atom. The molecule has 3 fully saturated rings. The fraction of sp³-hybridized carbons (Fsp3) is 0.419. The highest BCUT2D eigenvalue weighted by Gasteiger charge is 2.49. The minimum Gasteiger partial charge on any atom is -0.461 e. The zero-order valence-electron chi connectivity index (χ0n) is 31.9. The molecule has 10 rings (SSSR count). The van der Waals surface area contributed by atoms with E-state index >= 15 is 4.39 Å². The second-order valence-electron chi connectivity index (χ2n) is 16.1. The maximum absolute atomic E-state index is 17.6. The van der Waals surface area contributed by atoms with Crippen molar-refractivity contribution in [1.29, 1.82) is 0 Å². The van der Waals surface area contributed by atoms with Crippen LogP contribution in [0.15, 0.2) is 59.2 Å². The summed E-state index contributed by atoms with van der Waals surface area (Å²) in [7, 11) is 0. The Labute approximate surface area is 337 Å².